The van der Waals surface area contributed by atoms with Crippen LogP contribution in [0.4, 0.5) is 11.4 Å². The number of aliphatic hydroxyl groups excluding tert-OH is 2. The zero-order valence-electron chi connectivity index (χ0n) is 10.9. The van der Waals surface area contributed by atoms with Gasteiger partial charge in [0.15, 0.2) is 0 Å². The van der Waals surface area contributed by atoms with Crippen molar-refractivity contribution in [3.63, 3.8) is 0 Å². The highest BCUT2D eigenvalue weighted by atomic mass is 35.5. The van der Waals surface area contributed by atoms with Crippen molar-refractivity contribution in [3.05, 3.63) is 35.6 Å². The van der Waals surface area contributed by atoms with Crippen molar-refractivity contribution in [2.24, 2.45) is 0 Å². The molecule has 2 aromatic rings. The highest BCUT2D eigenvalue weighted by Gasteiger charge is 2.14. The molecule has 0 unspecified atom stereocenters. The molecule has 0 aliphatic heterocycles. The number of aliphatic hydroxyl groups is 2. The van der Waals surface area contributed by atoms with Gasteiger partial charge >= 0.3 is 0 Å². The molecule has 0 radical (unpaired) electrons. The number of halogens is 1. The zero-order chi connectivity index (χ0) is 14.5. The number of anilines is 2. The first-order chi connectivity index (χ1) is 9.67. The molecule has 1 heterocycles. The van der Waals surface area contributed by atoms with Gasteiger partial charge in [-0.15, -0.1) is 0 Å². The van der Waals surface area contributed by atoms with E-state index in [-0.39, 0.29) is 13.2 Å². The van der Waals surface area contributed by atoms with Crippen LogP contribution in [0.5, 0.6) is 0 Å². The summed E-state index contributed by atoms with van der Waals surface area (Å²) < 4.78 is 5.35. The van der Waals surface area contributed by atoms with Gasteiger partial charge in [0.2, 0.25) is 0 Å². The minimum Gasteiger partial charge on any atom is -0.464 e. The third-order valence-corrected chi connectivity index (χ3v) is 3.32. The first-order valence-electron chi connectivity index (χ1n) is 6.27. The molecular weight excluding hydrogens is 280 g/mol. The van der Waals surface area contributed by atoms with Crippen LogP contribution in [0.25, 0.3) is 11.3 Å². The predicted molar refractivity (Wildman–Crippen MR) is 80.0 cm³/mol. The Morgan fingerprint density at radius 2 is 1.90 bits per heavy atom. The molecule has 0 spiro atoms. The Labute approximate surface area is 122 Å². The standard InChI is InChI=1S/C14H17ClN2O3/c15-12-9-10(17(3-5-18)4-6-19)8-11(14(12)16)13-2-1-7-20-13/h1-2,7-9,18-19H,3-6,16H2. The van der Waals surface area contributed by atoms with Crippen LogP contribution in [0.3, 0.4) is 0 Å². The van der Waals surface area contributed by atoms with Crippen molar-refractivity contribution >= 4 is 23.0 Å². The molecule has 0 bridgehead atoms. The summed E-state index contributed by atoms with van der Waals surface area (Å²) in [5.41, 5.74) is 7.89. The summed E-state index contributed by atoms with van der Waals surface area (Å²) in [7, 11) is 0. The van der Waals surface area contributed by atoms with E-state index in [1.807, 2.05) is 11.0 Å². The van der Waals surface area contributed by atoms with E-state index in [9.17, 15) is 0 Å². The average Bonchev–Trinajstić information content (AvgIpc) is 2.95. The van der Waals surface area contributed by atoms with Crippen LogP contribution in [0, 0.1) is 0 Å². The Bertz CT molecular complexity index is 552. The van der Waals surface area contributed by atoms with Crippen molar-refractivity contribution in [2.75, 3.05) is 36.9 Å². The van der Waals surface area contributed by atoms with E-state index in [0.29, 0.717) is 35.1 Å². The highest BCUT2D eigenvalue weighted by Crippen LogP contribution is 2.36. The van der Waals surface area contributed by atoms with Crippen LogP contribution in [0.15, 0.2) is 34.9 Å². The summed E-state index contributed by atoms with van der Waals surface area (Å²) in [5.74, 6) is 0.624. The monoisotopic (exact) mass is 296 g/mol. The van der Waals surface area contributed by atoms with Crippen LogP contribution >= 0.6 is 11.6 Å². The van der Waals surface area contributed by atoms with E-state index in [1.54, 1.807) is 24.5 Å². The fourth-order valence-corrected chi connectivity index (χ4v) is 2.25. The normalized spacial score (nSPS) is 10.8. The highest BCUT2D eigenvalue weighted by molar-refractivity contribution is 6.34. The van der Waals surface area contributed by atoms with E-state index < -0.39 is 0 Å². The molecular formula is C14H17ClN2O3. The second-order valence-electron chi connectivity index (χ2n) is 4.30. The molecule has 1 aromatic carbocycles. The molecule has 0 saturated heterocycles. The number of furan rings is 1. The molecule has 108 valence electrons. The minimum atomic E-state index is -0.0158. The van der Waals surface area contributed by atoms with E-state index in [1.165, 1.54) is 0 Å². The van der Waals surface area contributed by atoms with E-state index in [0.717, 1.165) is 5.69 Å². The summed E-state index contributed by atoms with van der Waals surface area (Å²) in [6, 6.07) is 7.13. The number of benzene rings is 1. The lowest BCUT2D eigenvalue weighted by Crippen LogP contribution is -2.29. The second-order valence-corrected chi connectivity index (χ2v) is 4.71. The molecule has 0 aliphatic carbocycles. The van der Waals surface area contributed by atoms with Crippen molar-refractivity contribution < 1.29 is 14.6 Å². The first kappa shape index (κ1) is 14.7. The van der Waals surface area contributed by atoms with Gasteiger partial charge in [-0.05, 0) is 24.3 Å². The van der Waals surface area contributed by atoms with Crippen molar-refractivity contribution in [2.45, 2.75) is 0 Å². The summed E-state index contributed by atoms with van der Waals surface area (Å²) in [4.78, 5) is 1.83. The fourth-order valence-electron chi connectivity index (χ4n) is 2.03. The fraction of sp³-hybridized carbons (Fsp3) is 0.286. The summed E-state index contributed by atoms with van der Waals surface area (Å²) in [6.07, 6.45) is 1.56. The third kappa shape index (κ3) is 3.07. The quantitative estimate of drug-likeness (QED) is 0.710. The summed E-state index contributed by atoms with van der Waals surface area (Å²) in [6.45, 7) is 0.771. The molecule has 4 N–H and O–H groups in total. The molecule has 20 heavy (non-hydrogen) atoms. The van der Waals surface area contributed by atoms with Gasteiger partial charge in [-0.25, -0.2) is 0 Å². The van der Waals surface area contributed by atoms with Crippen LogP contribution in [-0.4, -0.2) is 36.5 Å². The lowest BCUT2D eigenvalue weighted by Gasteiger charge is -2.24. The van der Waals surface area contributed by atoms with Gasteiger partial charge in [-0.1, -0.05) is 11.6 Å². The van der Waals surface area contributed by atoms with Gasteiger partial charge in [0.05, 0.1) is 30.2 Å². The van der Waals surface area contributed by atoms with E-state index in [2.05, 4.69) is 0 Å². The van der Waals surface area contributed by atoms with Crippen molar-refractivity contribution in [1.29, 1.82) is 0 Å². The maximum Gasteiger partial charge on any atom is 0.136 e. The molecule has 0 saturated carbocycles. The van der Waals surface area contributed by atoms with Gasteiger partial charge in [-0.3, -0.25) is 0 Å². The molecule has 1 aromatic heterocycles. The lowest BCUT2D eigenvalue weighted by atomic mass is 10.1. The van der Waals surface area contributed by atoms with Crippen LogP contribution in [0.2, 0.25) is 5.02 Å². The number of hydrogen-bond acceptors (Lipinski definition) is 5. The second kappa shape index (κ2) is 6.65. The van der Waals surface area contributed by atoms with E-state index in [4.69, 9.17) is 32.0 Å². The van der Waals surface area contributed by atoms with Gasteiger partial charge in [0, 0.05) is 24.3 Å². The molecule has 6 heteroatoms. The smallest absolute Gasteiger partial charge is 0.136 e. The van der Waals surface area contributed by atoms with E-state index >= 15 is 0 Å². The maximum absolute atomic E-state index is 9.10. The number of nitrogen functional groups attached to an aromatic ring is 1. The molecule has 0 aliphatic rings. The summed E-state index contributed by atoms with van der Waals surface area (Å²) in [5, 5.41) is 18.6. The van der Waals surface area contributed by atoms with Crippen molar-refractivity contribution in [3.8, 4) is 11.3 Å². The zero-order valence-corrected chi connectivity index (χ0v) is 11.7. The SMILES string of the molecule is Nc1c(Cl)cc(N(CCO)CCO)cc1-c1ccco1. The Morgan fingerprint density at radius 3 is 2.45 bits per heavy atom. The van der Waals surface area contributed by atoms with Gasteiger partial charge in [0.25, 0.3) is 0 Å². The number of nitrogens with zero attached hydrogens (tertiary/aromatic N) is 1. The van der Waals surface area contributed by atoms with Gasteiger partial charge in [0.1, 0.15) is 5.76 Å². The largest absolute Gasteiger partial charge is 0.464 e. The van der Waals surface area contributed by atoms with Crippen LogP contribution in [-0.2, 0) is 0 Å². The average molecular weight is 297 g/mol. The predicted octanol–water partition coefficient (Wildman–Crippen LogP) is 1.97. The maximum atomic E-state index is 9.10. The molecule has 0 fully saturated rings. The Balaban J connectivity index is 2.44. The number of nitrogens with two attached hydrogens (primary N) is 1. The topological polar surface area (TPSA) is 82.9 Å². The Morgan fingerprint density at radius 1 is 1.20 bits per heavy atom. The van der Waals surface area contributed by atoms with Gasteiger partial charge in [-0.2, -0.15) is 0 Å². The third-order valence-electron chi connectivity index (χ3n) is 3.01. The Hall–Kier alpha value is -1.69. The molecule has 2 rings (SSSR count). The van der Waals surface area contributed by atoms with Crippen LogP contribution in [0.1, 0.15) is 0 Å². The number of rotatable bonds is 6. The first-order valence-corrected chi connectivity index (χ1v) is 6.64. The molecule has 0 atom stereocenters. The lowest BCUT2D eigenvalue weighted by molar-refractivity contribution is 0.281. The Kier molecular flexibility index (Phi) is 4.89. The molecule has 0 amide bonds. The molecule has 5 nitrogen and oxygen atoms in total. The number of hydrogen-bond donors (Lipinski definition) is 3. The van der Waals surface area contributed by atoms with Gasteiger partial charge < -0.3 is 25.3 Å². The minimum absolute atomic E-state index is 0.0158. The summed E-state index contributed by atoms with van der Waals surface area (Å²) >= 11 is 6.16. The van der Waals surface area contributed by atoms with Crippen molar-refractivity contribution in [1.82, 2.24) is 0 Å². The van der Waals surface area contributed by atoms with Crippen LogP contribution < -0.4 is 10.6 Å².